The average molecular weight is 143 g/mol. The molecule has 0 amide bonds. The van der Waals surface area contributed by atoms with Crippen LogP contribution in [0, 0.1) is 5.92 Å². The van der Waals surface area contributed by atoms with E-state index in [1.54, 1.807) is 0 Å². The van der Waals surface area contributed by atoms with E-state index >= 15 is 0 Å². The van der Waals surface area contributed by atoms with Gasteiger partial charge < -0.3 is 10.4 Å². The van der Waals surface area contributed by atoms with Crippen LogP contribution in [-0.4, -0.2) is 23.8 Å². The van der Waals surface area contributed by atoms with Gasteiger partial charge in [-0.05, 0) is 25.3 Å². The topological polar surface area (TPSA) is 32.3 Å². The second-order valence-electron chi connectivity index (χ2n) is 3.48. The highest BCUT2D eigenvalue weighted by Crippen LogP contribution is 2.14. The Balaban J connectivity index is 2.32. The van der Waals surface area contributed by atoms with Crippen LogP contribution in [0.2, 0.25) is 0 Å². The quantitative estimate of drug-likeness (QED) is 0.568. The predicted octanol–water partition coefficient (Wildman–Crippen LogP) is 0.755. The molecule has 0 spiro atoms. The summed E-state index contributed by atoms with van der Waals surface area (Å²) >= 11 is 0. The largest absolute Gasteiger partial charge is 0.393 e. The molecule has 1 heterocycles. The average Bonchev–Trinajstić information content (AvgIpc) is 1.88. The molecule has 0 saturated carbocycles. The van der Waals surface area contributed by atoms with E-state index in [-0.39, 0.29) is 6.10 Å². The van der Waals surface area contributed by atoms with Gasteiger partial charge in [-0.2, -0.15) is 0 Å². The Morgan fingerprint density at radius 2 is 2.20 bits per heavy atom. The molecule has 0 aromatic carbocycles. The van der Waals surface area contributed by atoms with Crippen LogP contribution >= 0.6 is 0 Å². The van der Waals surface area contributed by atoms with Gasteiger partial charge in [-0.15, -0.1) is 0 Å². The smallest absolute Gasteiger partial charge is 0.0567 e. The number of piperidine rings is 1. The van der Waals surface area contributed by atoms with Gasteiger partial charge in [0.05, 0.1) is 6.10 Å². The third kappa shape index (κ3) is 1.96. The Labute approximate surface area is 62.6 Å². The zero-order valence-electron chi connectivity index (χ0n) is 6.80. The second-order valence-corrected chi connectivity index (χ2v) is 3.48. The Bertz CT molecular complexity index is 103. The third-order valence-corrected chi connectivity index (χ3v) is 2.21. The minimum absolute atomic E-state index is 0.0614. The van der Waals surface area contributed by atoms with Crippen molar-refractivity contribution in [3.63, 3.8) is 0 Å². The van der Waals surface area contributed by atoms with Crippen LogP contribution in [0.3, 0.4) is 0 Å². The van der Waals surface area contributed by atoms with Crippen molar-refractivity contribution in [3.8, 4) is 0 Å². The van der Waals surface area contributed by atoms with Gasteiger partial charge in [0.1, 0.15) is 0 Å². The van der Waals surface area contributed by atoms with E-state index in [1.807, 2.05) is 0 Å². The maximum atomic E-state index is 9.29. The summed E-state index contributed by atoms with van der Waals surface area (Å²) in [4.78, 5) is 0. The summed E-state index contributed by atoms with van der Waals surface area (Å²) in [6.45, 7) is 5.36. The molecule has 1 aliphatic rings. The molecule has 0 bridgehead atoms. The fraction of sp³-hybridized carbons (Fsp3) is 1.00. The normalized spacial score (nSPS) is 34.8. The predicted molar refractivity (Wildman–Crippen MR) is 41.9 cm³/mol. The molecule has 2 heteroatoms. The molecule has 0 aromatic heterocycles. The monoisotopic (exact) mass is 143 g/mol. The highest BCUT2D eigenvalue weighted by Gasteiger charge is 2.21. The van der Waals surface area contributed by atoms with Crippen molar-refractivity contribution in [2.75, 3.05) is 6.54 Å². The van der Waals surface area contributed by atoms with Gasteiger partial charge in [0.2, 0.25) is 0 Å². The van der Waals surface area contributed by atoms with Crippen LogP contribution in [0.5, 0.6) is 0 Å². The van der Waals surface area contributed by atoms with Gasteiger partial charge in [-0.3, -0.25) is 0 Å². The molecular formula is C8H17NO. The van der Waals surface area contributed by atoms with E-state index in [1.165, 1.54) is 0 Å². The molecule has 0 radical (unpaired) electrons. The van der Waals surface area contributed by atoms with Crippen LogP contribution in [0.4, 0.5) is 0 Å². The number of hydrogen-bond donors (Lipinski definition) is 2. The van der Waals surface area contributed by atoms with Crippen LogP contribution < -0.4 is 5.32 Å². The minimum atomic E-state index is -0.0614. The summed E-state index contributed by atoms with van der Waals surface area (Å²) in [6, 6.07) is 0.531. The first-order chi connectivity index (χ1) is 4.70. The summed E-state index contributed by atoms with van der Waals surface area (Å²) in [5.41, 5.74) is 0. The first-order valence-corrected chi connectivity index (χ1v) is 4.11. The molecule has 2 nitrogen and oxygen atoms in total. The van der Waals surface area contributed by atoms with E-state index < -0.39 is 0 Å². The van der Waals surface area contributed by atoms with Crippen molar-refractivity contribution in [1.82, 2.24) is 5.32 Å². The van der Waals surface area contributed by atoms with E-state index in [0.717, 1.165) is 19.4 Å². The van der Waals surface area contributed by atoms with Gasteiger partial charge >= 0.3 is 0 Å². The zero-order chi connectivity index (χ0) is 7.56. The van der Waals surface area contributed by atoms with Crippen LogP contribution in [0.25, 0.3) is 0 Å². The zero-order valence-corrected chi connectivity index (χ0v) is 6.80. The third-order valence-electron chi connectivity index (χ3n) is 2.21. The first-order valence-electron chi connectivity index (χ1n) is 4.11. The first kappa shape index (κ1) is 8.02. The Hall–Kier alpha value is -0.0800. The SMILES string of the molecule is CC(C)[C@H]1C[C@@H](O)CCN1. The Kier molecular flexibility index (Phi) is 2.69. The van der Waals surface area contributed by atoms with Crippen molar-refractivity contribution in [1.29, 1.82) is 0 Å². The minimum Gasteiger partial charge on any atom is -0.393 e. The van der Waals surface area contributed by atoms with Crippen LogP contribution in [0.1, 0.15) is 26.7 Å². The van der Waals surface area contributed by atoms with E-state index in [4.69, 9.17) is 0 Å². The number of aliphatic hydroxyl groups excluding tert-OH is 1. The number of hydrogen-bond acceptors (Lipinski definition) is 2. The van der Waals surface area contributed by atoms with E-state index in [0.29, 0.717) is 12.0 Å². The maximum Gasteiger partial charge on any atom is 0.0567 e. The van der Waals surface area contributed by atoms with E-state index in [2.05, 4.69) is 19.2 Å². The van der Waals surface area contributed by atoms with Gasteiger partial charge in [-0.25, -0.2) is 0 Å². The summed E-state index contributed by atoms with van der Waals surface area (Å²) < 4.78 is 0. The number of aliphatic hydroxyl groups is 1. The summed E-state index contributed by atoms with van der Waals surface area (Å²) in [5, 5.41) is 12.7. The highest BCUT2D eigenvalue weighted by molar-refractivity contribution is 4.79. The Morgan fingerprint density at radius 1 is 1.50 bits per heavy atom. The Morgan fingerprint density at radius 3 is 2.60 bits per heavy atom. The molecule has 60 valence electrons. The van der Waals surface area contributed by atoms with Gasteiger partial charge in [0, 0.05) is 6.04 Å². The van der Waals surface area contributed by atoms with Crippen LogP contribution in [-0.2, 0) is 0 Å². The van der Waals surface area contributed by atoms with Gasteiger partial charge in [0.25, 0.3) is 0 Å². The lowest BCUT2D eigenvalue weighted by atomic mass is 9.93. The molecule has 1 aliphatic heterocycles. The maximum absolute atomic E-state index is 9.29. The molecule has 1 saturated heterocycles. The molecule has 0 aliphatic carbocycles. The molecule has 0 aromatic rings. The number of nitrogens with one attached hydrogen (secondary N) is 1. The molecule has 1 fully saturated rings. The lowest BCUT2D eigenvalue weighted by Crippen LogP contribution is -2.43. The van der Waals surface area contributed by atoms with Crippen molar-refractivity contribution in [2.45, 2.75) is 38.8 Å². The second kappa shape index (κ2) is 3.35. The fourth-order valence-electron chi connectivity index (χ4n) is 1.44. The summed E-state index contributed by atoms with van der Waals surface area (Å²) in [5.74, 6) is 0.648. The van der Waals surface area contributed by atoms with Gasteiger partial charge in [0.15, 0.2) is 0 Å². The van der Waals surface area contributed by atoms with E-state index in [9.17, 15) is 5.11 Å². The molecular weight excluding hydrogens is 126 g/mol. The fourth-order valence-corrected chi connectivity index (χ4v) is 1.44. The molecule has 2 atom stereocenters. The standard InChI is InChI=1S/C8H17NO/c1-6(2)8-5-7(10)3-4-9-8/h6-10H,3-5H2,1-2H3/t7-,8+/m0/s1. The number of rotatable bonds is 1. The van der Waals surface area contributed by atoms with Gasteiger partial charge in [-0.1, -0.05) is 13.8 Å². The lowest BCUT2D eigenvalue weighted by molar-refractivity contribution is 0.105. The molecule has 10 heavy (non-hydrogen) atoms. The highest BCUT2D eigenvalue weighted by atomic mass is 16.3. The lowest BCUT2D eigenvalue weighted by Gasteiger charge is -2.29. The molecule has 0 unspecified atom stereocenters. The van der Waals surface area contributed by atoms with Crippen molar-refractivity contribution in [3.05, 3.63) is 0 Å². The molecule has 2 N–H and O–H groups in total. The molecule has 1 rings (SSSR count). The summed E-state index contributed by atoms with van der Waals surface area (Å²) in [6.07, 6.45) is 1.79. The van der Waals surface area contributed by atoms with Crippen molar-refractivity contribution < 1.29 is 5.11 Å². The van der Waals surface area contributed by atoms with Crippen molar-refractivity contribution >= 4 is 0 Å². The summed E-state index contributed by atoms with van der Waals surface area (Å²) in [7, 11) is 0. The van der Waals surface area contributed by atoms with Crippen molar-refractivity contribution in [2.24, 2.45) is 5.92 Å². The van der Waals surface area contributed by atoms with Crippen LogP contribution in [0.15, 0.2) is 0 Å².